The maximum atomic E-state index is 10.0. The Morgan fingerprint density at radius 3 is 2.35 bits per heavy atom. The van der Waals surface area contributed by atoms with Crippen LogP contribution in [-0.4, -0.2) is 51.4 Å². The largest absolute Gasteiger partial charge is 0.392 e. The summed E-state index contributed by atoms with van der Waals surface area (Å²) in [7, 11) is 0. The monoisotopic (exact) mass is 279 g/mol. The molecular formula is C15H21NO4. The third-order valence-electron chi connectivity index (χ3n) is 3.74. The molecule has 5 heteroatoms. The molecule has 0 aromatic heterocycles. The fourth-order valence-corrected chi connectivity index (χ4v) is 2.47. The summed E-state index contributed by atoms with van der Waals surface area (Å²) < 4.78 is 0. The van der Waals surface area contributed by atoms with Crippen LogP contribution in [0.5, 0.6) is 0 Å². The maximum absolute atomic E-state index is 10.0. The first-order valence-electron chi connectivity index (χ1n) is 6.71. The number of aliphatic hydroxyl groups excluding tert-OH is 4. The zero-order chi connectivity index (χ0) is 14.7. The van der Waals surface area contributed by atoms with Crippen molar-refractivity contribution in [3.63, 3.8) is 0 Å². The van der Waals surface area contributed by atoms with Gasteiger partial charge in [0.05, 0.1) is 12.6 Å². The zero-order valence-corrected chi connectivity index (χ0v) is 11.3. The van der Waals surface area contributed by atoms with Gasteiger partial charge in [0.15, 0.2) is 0 Å². The normalized spacial score (nSPS) is 31.8. The molecule has 5 atom stereocenters. The molecule has 5 N–H and O–H groups in total. The Morgan fingerprint density at radius 1 is 1.10 bits per heavy atom. The molecular weight excluding hydrogens is 258 g/mol. The second-order valence-corrected chi connectivity index (χ2v) is 5.15. The Labute approximate surface area is 118 Å². The van der Waals surface area contributed by atoms with Gasteiger partial charge in [-0.1, -0.05) is 36.4 Å². The van der Waals surface area contributed by atoms with Crippen molar-refractivity contribution < 1.29 is 20.4 Å². The summed E-state index contributed by atoms with van der Waals surface area (Å²) in [5.41, 5.74) is 1.37. The average molecular weight is 279 g/mol. The number of rotatable bonds is 4. The smallest absolute Gasteiger partial charge is 0.111 e. The van der Waals surface area contributed by atoms with E-state index in [9.17, 15) is 20.4 Å². The Bertz CT molecular complexity index is 462. The van der Waals surface area contributed by atoms with Gasteiger partial charge in [-0.2, -0.15) is 0 Å². The first kappa shape index (κ1) is 15.2. The summed E-state index contributed by atoms with van der Waals surface area (Å²) in [6, 6.07) is 9.16. The summed E-state index contributed by atoms with van der Waals surface area (Å²) in [5, 5.41) is 41.9. The molecule has 1 aromatic rings. The van der Waals surface area contributed by atoms with Crippen LogP contribution in [0.3, 0.4) is 0 Å². The molecule has 20 heavy (non-hydrogen) atoms. The van der Waals surface area contributed by atoms with Gasteiger partial charge >= 0.3 is 0 Å². The molecule has 0 saturated carbocycles. The minimum absolute atomic E-state index is 0.0329. The Morgan fingerprint density at radius 2 is 1.75 bits per heavy atom. The van der Waals surface area contributed by atoms with Crippen LogP contribution in [0.1, 0.15) is 18.5 Å². The molecule has 110 valence electrons. The molecule has 1 aliphatic carbocycles. The molecule has 0 radical (unpaired) electrons. The highest BCUT2D eigenvalue weighted by Gasteiger charge is 2.37. The molecule has 2 rings (SSSR count). The van der Waals surface area contributed by atoms with E-state index in [4.69, 9.17) is 0 Å². The molecule has 0 aliphatic heterocycles. The van der Waals surface area contributed by atoms with E-state index in [1.165, 1.54) is 0 Å². The number of aliphatic hydroxyl groups is 4. The standard InChI is InChI=1S/C15H21NO4/c1-9(10-5-3-2-4-6-10)16-12-7-11(8-17)13(18)15(20)14(12)19/h2-7,9,12-20H,8H2,1H3. The molecule has 1 aliphatic rings. The van der Waals surface area contributed by atoms with Gasteiger partial charge in [-0.25, -0.2) is 0 Å². The Kier molecular flexibility index (Phi) is 4.91. The summed E-state index contributed by atoms with van der Waals surface area (Å²) in [5.74, 6) is 0. The van der Waals surface area contributed by atoms with Crippen LogP contribution in [0.15, 0.2) is 42.0 Å². The number of benzene rings is 1. The van der Waals surface area contributed by atoms with Gasteiger partial charge in [0.25, 0.3) is 0 Å². The van der Waals surface area contributed by atoms with E-state index < -0.39 is 24.4 Å². The zero-order valence-electron chi connectivity index (χ0n) is 11.3. The molecule has 0 heterocycles. The number of nitrogens with one attached hydrogen (secondary N) is 1. The SMILES string of the molecule is CC(NC1C=C(CO)C(O)C(O)C1O)c1ccccc1. The molecule has 0 spiro atoms. The van der Waals surface area contributed by atoms with E-state index in [0.717, 1.165) is 5.56 Å². The lowest BCUT2D eigenvalue weighted by Crippen LogP contribution is -2.54. The molecule has 5 unspecified atom stereocenters. The third kappa shape index (κ3) is 3.08. The van der Waals surface area contributed by atoms with Crippen molar-refractivity contribution in [2.75, 3.05) is 6.61 Å². The van der Waals surface area contributed by atoms with E-state index in [1.807, 2.05) is 37.3 Å². The van der Waals surface area contributed by atoms with Crippen LogP contribution in [0.2, 0.25) is 0 Å². The Balaban J connectivity index is 2.13. The van der Waals surface area contributed by atoms with Crippen molar-refractivity contribution in [1.82, 2.24) is 5.32 Å². The van der Waals surface area contributed by atoms with Crippen LogP contribution >= 0.6 is 0 Å². The third-order valence-corrected chi connectivity index (χ3v) is 3.74. The first-order valence-corrected chi connectivity index (χ1v) is 6.71. The number of hydrogen-bond acceptors (Lipinski definition) is 5. The van der Waals surface area contributed by atoms with E-state index >= 15 is 0 Å². The van der Waals surface area contributed by atoms with Crippen LogP contribution in [0, 0.1) is 0 Å². The quantitative estimate of drug-likeness (QED) is 0.489. The fraction of sp³-hybridized carbons (Fsp3) is 0.467. The molecule has 0 fully saturated rings. The van der Waals surface area contributed by atoms with Gasteiger partial charge in [0.1, 0.15) is 18.3 Å². The van der Waals surface area contributed by atoms with Crippen LogP contribution in [0.4, 0.5) is 0 Å². The molecule has 5 nitrogen and oxygen atoms in total. The minimum Gasteiger partial charge on any atom is -0.392 e. The van der Waals surface area contributed by atoms with Crippen molar-refractivity contribution in [2.24, 2.45) is 0 Å². The van der Waals surface area contributed by atoms with Crippen molar-refractivity contribution in [1.29, 1.82) is 0 Å². The molecule has 0 saturated heterocycles. The second-order valence-electron chi connectivity index (χ2n) is 5.15. The van der Waals surface area contributed by atoms with E-state index in [2.05, 4.69) is 5.32 Å². The van der Waals surface area contributed by atoms with Crippen molar-refractivity contribution >= 4 is 0 Å². The topological polar surface area (TPSA) is 93.0 Å². The highest BCUT2D eigenvalue weighted by atomic mass is 16.4. The van der Waals surface area contributed by atoms with E-state index in [0.29, 0.717) is 5.57 Å². The lowest BCUT2D eigenvalue weighted by Gasteiger charge is -2.36. The summed E-state index contributed by atoms with van der Waals surface area (Å²) >= 11 is 0. The van der Waals surface area contributed by atoms with Gasteiger partial charge in [-0.15, -0.1) is 0 Å². The fourth-order valence-electron chi connectivity index (χ4n) is 2.47. The van der Waals surface area contributed by atoms with E-state index in [1.54, 1.807) is 6.08 Å². The lowest BCUT2D eigenvalue weighted by molar-refractivity contribution is -0.0652. The summed E-state index contributed by atoms with van der Waals surface area (Å²) in [4.78, 5) is 0. The molecule has 0 amide bonds. The van der Waals surface area contributed by atoms with Crippen LogP contribution < -0.4 is 5.32 Å². The van der Waals surface area contributed by atoms with Gasteiger partial charge in [0, 0.05) is 6.04 Å². The molecule has 0 bridgehead atoms. The first-order chi connectivity index (χ1) is 9.54. The van der Waals surface area contributed by atoms with Crippen molar-refractivity contribution in [3.8, 4) is 0 Å². The van der Waals surface area contributed by atoms with Gasteiger partial charge < -0.3 is 25.7 Å². The van der Waals surface area contributed by atoms with Crippen molar-refractivity contribution in [3.05, 3.63) is 47.5 Å². The van der Waals surface area contributed by atoms with Gasteiger partial charge in [0.2, 0.25) is 0 Å². The summed E-state index contributed by atoms with van der Waals surface area (Å²) in [6.45, 7) is 1.61. The van der Waals surface area contributed by atoms with Crippen molar-refractivity contribution in [2.45, 2.75) is 37.3 Å². The van der Waals surface area contributed by atoms with E-state index in [-0.39, 0.29) is 12.6 Å². The lowest BCUT2D eigenvalue weighted by atomic mass is 9.87. The number of hydrogen-bond donors (Lipinski definition) is 5. The Hall–Kier alpha value is -1.24. The minimum atomic E-state index is -1.30. The van der Waals surface area contributed by atoms with Gasteiger partial charge in [-0.3, -0.25) is 0 Å². The second kappa shape index (κ2) is 6.47. The molecule has 1 aromatic carbocycles. The average Bonchev–Trinajstić information content (AvgIpc) is 2.48. The van der Waals surface area contributed by atoms with Crippen LogP contribution in [-0.2, 0) is 0 Å². The predicted molar refractivity (Wildman–Crippen MR) is 75.0 cm³/mol. The maximum Gasteiger partial charge on any atom is 0.111 e. The highest BCUT2D eigenvalue weighted by molar-refractivity contribution is 5.24. The predicted octanol–water partition coefficient (Wildman–Crippen LogP) is -0.279. The highest BCUT2D eigenvalue weighted by Crippen LogP contribution is 2.22. The van der Waals surface area contributed by atoms with Gasteiger partial charge in [-0.05, 0) is 18.1 Å². The summed E-state index contributed by atoms with van der Waals surface area (Å²) in [6.07, 6.45) is -2.06. The van der Waals surface area contributed by atoms with Crippen LogP contribution in [0.25, 0.3) is 0 Å².